The number of hydrogen-bond donors (Lipinski definition) is 0. The number of rotatable bonds is 6. The van der Waals surface area contributed by atoms with Crippen LogP contribution in [0, 0.1) is 0 Å². The van der Waals surface area contributed by atoms with Gasteiger partial charge in [0, 0.05) is 38.6 Å². The van der Waals surface area contributed by atoms with Crippen LogP contribution in [0.3, 0.4) is 0 Å². The van der Waals surface area contributed by atoms with Crippen LogP contribution in [0.5, 0.6) is 5.75 Å². The van der Waals surface area contributed by atoms with E-state index in [1.807, 2.05) is 25.4 Å². The number of amides is 1. The Morgan fingerprint density at radius 3 is 2.80 bits per heavy atom. The molecule has 0 aliphatic heterocycles. The Morgan fingerprint density at radius 2 is 2.08 bits per heavy atom. The van der Waals surface area contributed by atoms with Gasteiger partial charge < -0.3 is 9.64 Å². The Bertz CT molecular complexity index is 873. The fraction of sp³-hybridized carbons (Fsp3) is 0.235. The van der Waals surface area contributed by atoms with Crippen LogP contribution in [0.2, 0.25) is 5.02 Å². The highest BCUT2D eigenvalue weighted by molar-refractivity contribution is 6.32. The number of aryl methyl sites for hydroxylation is 1. The number of nitrogens with zero attached hydrogens (tertiary/aromatic N) is 5. The number of carbonyl (C=O) groups excluding carboxylic acids is 1. The number of carbonyl (C=O) groups is 1. The molecule has 0 aliphatic carbocycles. The maximum absolute atomic E-state index is 12.7. The van der Waals surface area contributed by atoms with Crippen LogP contribution in [0.1, 0.15) is 16.1 Å². The summed E-state index contributed by atoms with van der Waals surface area (Å²) >= 11 is 6.07. The standard InChI is InChI=1S/C17H18ClN5O2/c1-21(10-13-9-20-22(2)11-13)17(24)15-7-8-19-23(15)12-25-16-6-4-3-5-14(16)18/h3-9,11H,10,12H2,1-2H3. The third kappa shape index (κ3) is 4.00. The van der Waals surface area contributed by atoms with E-state index in [0.29, 0.717) is 23.0 Å². The third-order valence-corrected chi connectivity index (χ3v) is 3.95. The zero-order chi connectivity index (χ0) is 17.8. The molecule has 0 fully saturated rings. The minimum absolute atomic E-state index is 0.0958. The smallest absolute Gasteiger partial charge is 0.272 e. The number of ether oxygens (including phenoxy) is 1. The molecule has 3 aromatic rings. The van der Waals surface area contributed by atoms with Crippen molar-refractivity contribution in [1.82, 2.24) is 24.5 Å². The zero-order valence-electron chi connectivity index (χ0n) is 14.0. The fourth-order valence-corrected chi connectivity index (χ4v) is 2.59. The minimum Gasteiger partial charge on any atom is -0.470 e. The average Bonchev–Trinajstić information content (AvgIpc) is 3.22. The van der Waals surface area contributed by atoms with Gasteiger partial charge in [-0.1, -0.05) is 23.7 Å². The van der Waals surface area contributed by atoms with Gasteiger partial charge in [-0.25, -0.2) is 4.68 Å². The van der Waals surface area contributed by atoms with E-state index in [-0.39, 0.29) is 12.6 Å². The van der Waals surface area contributed by atoms with Gasteiger partial charge in [0.25, 0.3) is 5.91 Å². The Kier molecular flexibility index (Phi) is 5.04. The van der Waals surface area contributed by atoms with Crippen molar-refractivity contribution in [3.05, 3.63) is 65.2 Å². The molecule has 0 radical (unpaired) electrons. The lowest BCUT2D eigenvalue weighted by Gasteiger charge is -2.17. The summed E-state index contributed by atoms with van der Waals surface area (Å²) in [5.41, 5.74) is 1.40. The summed E-state index contributed by atoms with van der Waals surface area (Å²) < 4.78 is 8.87. The molecule has 1 aromatic carbocycles. The van der Waals surface area contributed by atoms with E-state index in [1.165, 1.54) is 4.68 Å². The first-order valence-corrected chi connectivity index (χ1v) is 8.04. The van der Waals surface area contributed by atoms with E-state index < -0.39 is 0 Å². The van der Waals surface area contributed by atoms with Gasteiger partial charge in [-0.15, -0.1) is 0 Å². The largest absolute Gasteiger partial charge is 0.470 e. The summed E-state index contributed by atoms with van der Waals surface area (Å²) in [5.74, 6) is 0.394. The van der Waals surface area contributed by atoms with Crippen LogP contribution in [0.4, 0.5) is 0 Å². The van der Waals surface area contributed by atoms with Gasteiger partial charge >= 0.3 is 0 Å². The first kappa shape index (κ1) is 17.0. The molecule has 8 heteroatoms. The number of hydrogen-bond acceptors (Lipinski definition) is 4. The molecule has 0 spiro atoms. The minimum atomic E-state index is -0.149. The Hall–Kier alpha value is -2.80. The van der Waals surface area contributed by atoms with Gasteiger partial charge in [-0.2, -0.15) is 10.2 Å². The van der Waals surface area contributed by atoms with Gasteiger partial charge in [0.05, 0.1) is 11.2 Å². The van der Waals surface area contributed by atoms with Crippen LogP contribution >= 0.6 is 11.6 Å². The summed E-state index contributed by atoms with van der Waals surface area (Å²) in [5, 5.41) is 8.78. The second-order valence-corrected chi connectivity index (χ2v) is 6.01. The Morgan fingerprint density at radius 1 is 1.28 bits per heavy atom. The van der Waals surface area contributed by atoms with Crippen molar-refractivity contribution in [1.29, 1.82) is 0 Å². The summed E-state index contributed by atoms with van der Waals surface area (Å²) in [7, 11) is 3.58. The Labute approximate surface area is 150 Å². The van der Waals surface area contributed by atoms with Gasteiger partial charge in [-0.05, 0) is 18.2 Å². The first-order valence-electron chi connectivity index (χ1n) is 7.66. The number of benzene rings is 1. The highest BCUT2D eigenvalue weighted by Crippen LogP contribution is 2.23. The molecular formula is C17H18ClN5O2. The van der Waals surface area contributed by atoms with Crippen LogP contribution in [-0.4, -0.2) is 37.4 Å². The van der Waals surface area contributed by atoms with Gasteiger partial charge in [0.1, 0.15) is 11.4 Å². The molecule has 0 aliphatic rings. The quantitative estimate of drug-likeness (QED) is 0.678. The number of para-hydroxylation sites is 1. The van der Waals surface area contributed by atoms with Crippen LogP contribution < -0.4 is 4.74 Å². The topological polar surface area (TPSA) is 65.2 Å². The Balaban J connectivity index is 1.68. The lowest BCUT2D eigenvalue weighted by Crippen LogP contribution is -2.29. The van der Waals surface area contributed by atoms with Gasteiger partial charge in [0.2, 0.25) is 0 Å². The summed E-state index contributed by atoms with van der Waals surface area (Å²) in [6.07, 6.45) is 5.18. The van der Waals surface area contributed by atoms with Gasteiger partial charge in [-0.3, -0.25) is 9.48 Å². The van der Waals surface area contributed by atoms with Crippen LogP contribution in [0.15, 0.2) is 48.9 Å². The molecule has 130 valence electrons. The molecule has 0 bridgehead atoms. The number of aromatic nitrogens is 4. The molecule has 0 N–H and O–H groups in total. The van der Waals surface area contributed by atoms with Crippen molar-refractivity contribution in [2.24, 2.45) is 7.05 Å². The molecule has 2 aromatic heterocycles. The number of halogens is 1. The van der Waals surface area contributed by atoms with E-state index in [1.54, 1.807) is 47.2 Å². The van der Waals surface area contributed by atoms with Gasteiger partial charge in [0.15, 0.2) is 6.73 Å². The lowest BCUT2D eigenvalue weighted by atomic mass is 10.3. The second kappa shape index (κ2) is 7.40. The molecule has 1 amide bonds. The predicted molar refractivity (Wildman–Crippen MR) is 93.3 cm³/mol. The molecule has 0 saturated carbocycles. The van der Waals surface area contributed by atoms with E-state index in [4.69, 9.17) is 16.3 Å². The van der Waals surface area contributed by atoms with Crippen molar-refractivity contribution in [2.45, 2.75) is 13.3 Å². The summed E-state index contributed by atoms with van der Waals surface area (Å²) in [6, 6.07) is 8.83. The molecule has 0 atom stereocenters. The molecule has 7 nitrogen and oxygen atoms in total. The molecule has 0 unspecified atom stereocenters. The summed E-state index contributed by atoms with van der Waals surface area (Å²) in [6.45, 7) is 0.557. The highest BCUT2D eigenvalue weighted by Gasteiger charge is 2.17. The van der Waals surface area contributed by atoms with E-state index in [0.717, 1.165) is 5.56 Å². The van der Waals surface area contributed by atoms with Crippen molar-refractivity contribution in [3.8, 4) is 5.75 Å². The average molecular weight is 360 g/mol. The zero-order valence-corrected chi connectivity index (χ0v) is 14.7. The molecule has 3 rings (SSSR count). The molecule has 25 heavy (non-hydrogen) atoms. The van der Waals surface area contributed by atoms with Crippen molar-refractivity contribution < 1.29 is 9.53 Å². The predicted octanol–water partition coefficient (Wildman–Crippen LogP) is 2.58. The lowest BCUT2D eigenvalue weighted by molar-refractivity contribution is 0.0762. The third-order valence-electron chi connectivity index (χ3n) is 3.64. The molecule has 2 heterocycles. The van der Waals surface area contributed by atoms with E-state index >= 15 is 0 Å². The van der Waals surface area contributed by atoms with E-state index in [2.05, 4.69) is 10.2 Å². The normalized spacial score (nSPS) is 10.7. The second-order valence-electron chi connectivity index (χ2n) is 5.60. The monoisotopic (exact) mass is 359 g/mol. The van der Waals surface area contributed by atoms with E-state index in [9.17, 15) is 4.79 Å². The maximum Gasteiger partial charge on any atom is 0.272 e. The SMILES string of the molecule is CN(Cc1cnn(C)c1)C(=O)c1ccnn1COc1ccccc1Cl. The maximum atomic E-state index is 12.7. The molecule has 0 saturated heterocycles. The van der Waals surface area contributed by atoms with Crippen molar-refractivity contribution in [2.75, 3.05) is 7.05 Å². The fourth-order valence-electron chi connectivity index (χ4n) is 2.40. The highest BCUT2D eigenvalue weighted by atomic mass is 35.5. The van der Waals surface area contributed by atoms with Crippen molar-refractivity contribution >= 4 is 17.5 Å². The van der Waals surface area contributed by atoms with Crippen molar-refractivity contribution in [3.63, 3.8) is 0 Å². The van der Waals surface area contributed by atoms with Crippen LogP contribution in [-0.2, 0) is 20.3 Å². The molecular weight excluding hydrogens is 342 g/mol. The first-order chi connectivity index (χ1) is 12.0. The van der Waals surface area contributed by atoms with Crippen LogP contribution in [0.25, 0.3) is 0 Å². The summed E-state index contributed by atoms with van der Waals surface area (Å²) in [4.78, 5) is 14.3.